The van der Waals surface area contributed by atoms with Crippen LogP contribution in [0.3, 0.4) is 0 Å². The van der Waals surface area contributed by atoms with E-state index in [1.807, 2.05) is 0 Å². The van der Waals surface area contributed by atoms with Crippen LogP contribution in [0.1, 0.15) is 27.7 Å². The Morgan fingerprint density at radius 2 is 1.94 bits per heavy atom. The maximum absolute atomic E-state index is 11.6. The van der Waals surface area contributed by atoms with E-state index in [2.05, 4.69) is 22.5 Å². The lowest BCUT2D eigenvalue weighted by atomic mass is 10.2. The number of hydrogen-bond donors (Lipinski definition) is 0. The number of rotatable bonds is 5. The molecule has 0 aliphatic carbocycles. The van der Waals surface area contributed by atoms with Gasteiger partial charge >= 0.3 is 5.97 Å². The number of thioether (sulfide) groups is 1. The molecule has 5 heteroatoms. The normalized spacial score (nSPS) is 12.2. The Morgan fingerprint density at radius 1 is 1.41 bits per heavy atom. The van der Waals surface area contributed by atoms with Crippen molar-refractivity contribution in [1.29, 1.82) is 0 Å². The molecule has 0 unspecified atom stereocenters. The molecule has 96 valence electrons. The van der Waals surface area contributed by atoms with Gasteiger partial charge < -0.3 is 4.74 Å². The number of carbonyl (C=O) groups excluding carboxylic acids is 2. The summed E-state index contributed by atoms with van der Waals surface area (Å²) < 4.78 is 5.15. The molecule has 17 heavy (non-hydrogen) atoms. The molecule has 0 amide bonds. The van der Waals surface area contributed by atoms with Gasteiger partial charge in [-0.1, -0.05) is 40.3 Å². The van der Waals surface area contributed by atoms with Crippen LogP contribution in [-0.2, 0) is 14.3 Å². The first-order valence-corrected chi connectivity index (χ1v) is 7.00. The molecule has 0 aromatic carbocycles. The van der Waals surface area contributed by atoms with Gasteiger partial charge in [0, 0.05) is 0 Å². The standard InChI is InChI=1S/C12H17BrO3S/c1-6-10(9(14)7-13)17-8(2)11(15)16-12(3,4)5/h6H,2,7H2,1,3-5H3/b10-6-. The first kappa shape index (κ1) is 16.4. The highest BCUT2D eigenvalue weighted by Crippen LogP contribution is 2.27. The molecular weight excluding hydrogens is 304 g/mol. The Hall–Kier alpha value is -0.550. The van der Waals surface area contributed by atoms with Gasteiger partial charge in [0.15, 0.2) is 5.78 Å². The Balaban J connectivity index is 4.55. The van der Waals surface area contributed by atoms with Crippen molar-refractivity contribution in [3.05, 3.63) is 22.5 Å². The molecule has 0 fully saturated rings. The van der Waals surface area contributed by atoms with E-state index < -0.39 is 11.6 Å². The Morgan fingerprint density at radius 3 is 2.29 bits per heavy atom. The number of hydrogen-bond acceptors (Lipinski definition) is 4. The number of esters is 1. The first-order valence-electron chi connectivity index (χ1n) is 5.07. The van der Waals surface area contributed by atoms with Crippen molar-refractivity contribution >= 4 is 39.4 Å². The van der Waals surface area contributed by atoms with Crippen LogP contribution in [0.4, 0.5) is 0 Å². The lowest BCUT2D eigenvalue weighted by Gasteiger charge is -2.20. The molecule has 0 radical (unpaired) electrons. The highest BCUT2D eigenvalue weighted by Gasteiger charge is 2.21. The van der Waals surface area contributed by atoms with E-state index in [1.165, 1.54) is 0 Å². The predicted octanol–water partition coefficient (Wildman–Crippen LogP) is 3.44. The quantitative estimate of drug-likeness (QED) is 0.442. The number of ether oxygens (including phenoxy) is 1. The minimum absolute atomic E-state index is 0.0813. The predicted molar refractivity (Wildman–Crippen MR) is 75.1 cm³/mol. The van der Waals surface area contributed by atoms with Crippen LogP contribution in [0.2, 0.25) is 0 Å². The molecule has 0 saturated carbocycles. The molecule has 0 saturated heterocycles. The van der Waals surface area contributed by atoms with E-state index >= 15 is 0 Å². The van der Waals surface area contributed by atoms with Crippen molar-refractivity contribution in [2.45, 2.75) is 33.3 Å². The molecular formula is C12H17BrO3S. The van der Waals surface area contributed by atoms with E-state index in [4.69, 9.17) is 4.74 Å². The van der Waals surface area contributed by atoms with Crippen LogP contribution in [0.5, 0.6) is 0 Å². The van der Waals surface area contributed by atoms with Gasteiger partial charge in [0.05, 0.1) is 15.1 Å². The molecule has 3 nitrogen and oxygen atoms in total. The second-order valence-electron chi connectivity index (χ2n) is 4.24. The summed E-state index contributed by atoms with van der Waals surface area (Å²) in [5.41, 5.74) is -0.559. The summed E-state index contributed by atoms with van der Waals surface area (Å²) in [6, 6.07) is 0. The van der Waals surface area contributed by atoms with E-state index in [1.54, 1.807) is 33.8 Å². The molecule has 0 aromatic heterocycles. The minimum atomic E-state index is -0.559. The number of Topliss-reactive ketones (excluding diaryl/α,β-unsaturated/α-hetero) is 1. The fraction of sp³-hybridized carbons (Fsp3) is 0.500. The van der Waals surface area contributed by atoms with Crippen LogP contribution in [-0.4, -0.2) is 22.7 Å². The molecule has 0 rings (SSSR count). The minimum Gasteiger partial charge on any atom is -0.456 e. The van der Waals surface area contributed by atoms with Gasteiger partial charge in [-0.2, -0.15) is 0 Å². The third-order valence-corrected chi connectivity index (χ3v) is 3.12. The summed E-state index contributed by atoms with van der Waals surface area (Å²) >= 11 is 4.12. The van der Waals surface area contributed by atoms with Crippen molar-refractivity contribution < 1.29 is 14.3 Å². The summed E-state index contributed by atoms with van der Waals surface area (Å²) in [5, 5.41) is 0.223. The van der Waals surface area contributed by atoms with Crippen molar-refractivity contribution in [2.24, 2.45) is 0 Å². The van der Waals surface area contributed by atoms with E-state index in [0.29, 0.717) is 4.91 Å². The van der Waals surface area contributed by atoms with Gasteiger partial charge in [0.1, 0.15) is 5.60 Å². The molecule has 0 bridgehead atoms. The van der Waals surface area contributed by atoms with Gasteiger partial charge in [0.2, 0.25) is 0 Å². The Kier molecular flexibility index (Phi) is 6.78. The average Bonchev–Trinajstić information content (AvgIpc) is 2.21. The second kappa shape index (κ2) is 7.01. The highest BCUT2D eigenvalue weighted by atomic mass is 79.9. The van der Waals surface area contributed by atoms with Crippen molar-refractivity contribution in [1.82, 2.24) is 0 Å². The fourth-order valence-corrected chi connectivity index (χ4v) is 2.03. The topological polar surface area (TPSA) is 43.4 Å². The zero-order chi connectivity index (χ0) is 13.6. The Bertz CT molecular complexity index is 353. The van der Waals surface area contributed by atoms with Gasteiger partial charge in [0.25, 0.3) is 0 Å². The summed E-state index contributed by atoms with van der Waals surface area (Å²) in [6.45, 7) is 10.7. The summed E-state index contributed by atoms with van der Waals surface area (Å²) in [4.78, 5) is 23.8. The van der Waals surface area contributed by atoms with Crippen LogP contribution < -0.4 is 0 Å². The summed E-state index contributed by atoms with van der Waals surface area (Å²) in [7, 11) is 0. The van der Waals surface area contributed by atoms with Crippen molar-refractivity contribution in [2.75, 3.05) is 5.33 Å². The van der Waals surface area contributed by atoms with Crippen LogP contribution >= 0.6 is 27.7 Å². The van der Waals surface area contributed by atoms with E-state index in [0.717, 1.165) is 11.8 Å². The second-order valence-corrected chi connectivity index (χ2v) is 5.93. The summed E-state index contributed by atoms with van der Waals surface area (Å²) in [5.74, 6) is -0.577. The monoisotopic (exact) mass is 320 g/mol. The van der Waals surface area contributed by atoms with Gasteiger partial charge in [-0.3, -0.25) is 4.79 Å². The lowest BCUT2D eigenvalue weighted by molar-refractivity contribution is -0.148. The van der Waals surface area contributed by atoms with Gasteiger partial charge in [-0.15, -0.1) is 0 Å². The third-order valence-electron chi connectivity index (χ3n) is 1.52. The number of carbonyl (C=O) groups is 2. The van der Waals surface area contributed by atoms with Crippen LogP contribution in [0, 0.1) is 0 Å². The van der Waals surface area contributed by atoms with Crippen LogP contribution in [0.25, 0.3) is 0 Å². The number of allylic oxidation sites excluding steroid dienone is 2. The Labute approximate surface area is 115 Å². The van der Waals surface area contributed by atoms with Crippen molar-refractivity contribution in [3.63, 3.8) is 0 Å². The number of alkyl halides is 1. The summed E-state index contributed by atoms with van der Waals surface area (Å²) in [6.07, 6.45) is 1.66. The van der Waals surface area contributed by atoms with Gasteiger partial charge in [-0.25, -0.2) is 4.79 Å². The van der Waals surface area contributed by atoms with E-state index in [9.17, 15) is 9.59 Å². The molecule has 0 aromatic rings. The molecule has 0 N–H and O–H groups in total. The number of halogens is 1. The molecule has 0 atom stereocenters. The molecule has 0 aliphatic heterocycles. The molecule has 0 heterocycles. The van der Waals surface area contributed by atoms with E-state index in [-0.39, 0.29) is 16.0 Å². The zero-order valence-electron chi connectivity index (χ0n) is 10.5. The van der Waals surface area contributed by atoms with Gasteiger partial charge in [-0.05, 0) is 27.7 Å². The maximum Gasteiger partial charge on any atom is 0.344 e. The van der Waals surface area contributed by atoms with Crippen molar-refractivity contribution in [3.8, 4) is 0 Å². The molecule has 0 aliphatic rings. The third kappa shape index (κ3) is 6.68. The largest absolute Gasteiger partial charge is 0.456 e. The SMILES string of the molecule is C=C(S/C(=C\C)C(=O)CBr)C(=O)OC(C)(C)C. The smallest absolute Gasteiger partial charge is 0.344 e. The fourth-order valence-electron chi connectivity index (χ4n) is 0.852. The first-order chi connectivity index (χ1) is 7.71. The average molecular weight is 321 g/mol. The highest BCUT2D eigenvalue weighted by molar-refractivity contribution is 9.09. The molecule has 0 spiro atoms. The zero-order valence-corrected chi connectivity index (χ0v) is 12.9. The lowest BCUT2D eigenvalue weighted by Crippen LogP contribution is -2.24. The van der Waals surface area contributed by atoms with Crippen LogP contribution in [0.15, 0.2) is 22.5 Å². The number of ketones is 1. The maximum atomic E-state index is 11.6.